The van der Waals surface area contributed by atoms with E-state index in [0.29, 0.717) is 26.1 Å². The SMILES string of the molecule is CCn1cc(S(=O)(=O)N2CCC(CCO)C2)cc1C(=O)O. The predicted molar refractivity (Wildman–Crippen MR) is 75.6 cm³/mol. The monoisotopic (exact) mass is 316 g/mol. The van der Waals surface area contributed by atoms with Gasteiger partial charge in [0.15, 0.2) is 0 Å². The quantitative estimate of drug-likeness (QED) is 0.800. The maximum atomic E-state index is 12.5. The van der Waals surface area contributed by atoms with Gasteiger partial charge in [0.25, 0.3) is 0 Å². The molecule has 2 rings (SSSR count). The summed E-state index contributed by atoms with van der Waals surface area (Å²) in [5.41, 5.74) is -0.0258. The van der Waals surface area contributed by atoms with E-state index in [9.17, 15) is 13.2 Å². The Hall–Kier alpha value is -1.38. The van der Waals surface area contributed by atoms with Crippen molar-refractivity contribution in [1.82, 2.24) is 8.87 Å². The number of carbonyl (C=O) groups is 1. The van der Waals surface area contributed by atoms with Gasteiger partial charge in [-0.15, -0.1) is 0 Å². The minimum Gasteiger partial charge on any atom is -0.477 e. The average Bonchev–Trinajstić information content (AvgIpc) is 3.05. The Morgan fingerprint density at radius 1 is 1.48 bits per heavy atom. The predicted octanol–water partition coefficient (Wildman–Crippen LogP) is 0.599. The van der Waals surface area contributed by atoms with Gasteiger partial charge in [-0.2, -0.15) is 4.31 Å². The average molecular weight is 316 g/mol. The lowest BCUT2D eigenvalue weighted by atomic mass is 10.1. The number of aromatic carboxylic acids is 1. The van der Waals surface area contributed by atoms with Crippen molar-refractivity contribution in [2.75, 3.05) is 19.7 Å². The lowest BCUT2D eigenvalue weighted by Gasteiger charge is -2.15. The largest absolute Gasteiger partial charge is 0.477 e. The zero-order valence-corrected chi connectivity index (χ0v) is 12.7. The fourth-order valence-corrected chi connectivity index (χ4v) is 4.22. The molecular weight excluding hydrogens is 296 g/mol. The first-order valence-electron chi connectivity index (χ1n) is 6.94. The van der Waals surface area contributed by atoms with Crippen LogP contribution in [0.25, 0.3) is 0 Å². The van der Waals surface area contributed by atoms with E-state index in [1.165, 1.54) is 21.1 Å². The molecule has 8 heteroatoms. The molecule has 1 fully saturated rings. The third-order valence-corrected chi connectivity index (χ3v) is 5.69. The van der Waals surface area contributed by atoms with Gasteiger partial charge >= 0.3 is 5.97 Å². The number of aliphatic hydroxyl groups excluding tert-OH is 1. The smallest absolute Gasteiger partial charge is 0.352 e. The molecule has 0 amide bonds. The second-order valence-corrected chi connectivity index (χ2v) is 7.12. The van der Waals surface area contributed by atoms with Gasteiger partial charge in [-0.25, -0.2) is 13.2 Å². The normalized spacial score (nSPS) is 20.0. The van der Waals surface area contributed by atoms with Crippen molar-refractivity contribution < 1.29 is 23.4 Å². The van der Waals surface area contributed by atoms with E-state index in [4.69, 9.17) is 10.2 Å². The van der Waals surface area contributed by atoms with Crippen molar-refractivity contribution in [3.8, 4) is 0 Å². The highest BCUT2D eigenvalue weighted by atomic mass is 32.2. The third kappa shape index (κ3) is 3.12. The first-order chi connectivity index (χ1) is 9.90. The van der Waals surface area contributed by atoms with Crippen molar-refractivity contribution in [2.24, 2.45) is 5.92 Å². The van der Waals surface area contributed by atoms with Gasteiger partial charge in [0, 0.05) is 32.4 Å². The van der Waals surface area contributed by atoms with Crippen LogP contribution in [0.15, 0.2) is 17.2 Å². The number of rotatable bonds is 6. The minimum atomic E-state index is -3.67. The van der Waals surface area contributed by atoms with E-state index < -0.39 is 16.0 Å². The number of carboxylic acid groups (broad SMARTS) is 1. The van der Waals surface area contributed by atoms with Crippen molar-refractivity contribution in [2.45, 2.75) is 31.2 Å². The van der Waals surface area contributed by atoms with Crippen molar-refractivity contribution in [3.05, 3.63) is 18.0 Å². The molecule has 0 radical (unpaired) electrons. The zero-order valence-electron chi connectivity index (χ0n) is 11.9. The summed E-state index contributed by atoms with van der Waals surface area (Å²) >= 11 is 0. The molecule has 0 spiro atoms. The Morgan fingerprint density at radius 2 is 2.19 bits per heavy atom. The Bertz CT molecular complexity index is 623. The molecule has 1 aromatic heterocycles. The lowest BCUT2D eigenvalue weighted by molar-refractivity contribution is 0.0685. The van der Waals surface area contributed by atoms with E-state index in [1.807, 2.05) is 0 Å². The van der Waals surface area contributed by atoms with E-state index in [1.54, 1.807) is 6.92 Å². The number of sulfonamides is 1. The summed E-state index contributed by atoms with van der Waals surface area (Å²) in [6, 6.07) is 1.21. The number of aliphatic hydroxyl groups is 1. The number of nitrogens with zero attached hydrogens (tertiary/aromatic N) is 2. The van der Waals surface area contributed by atoms with E-state index in [-0.39, 0.29) is 23.1 Å². The minimum absolute atomic E-state index is 0.0198. The second kappa shape index (κ2) is 6.17. The number of hydrogen-bond acceptors (Lipinski definition) is 4. The summed E-state index contributed by atoms with van der Waals surface area (Å²) in [6.07, 6.45) is 2.68. The Kier molecular flexibility index (Phi) is 4.70. The van der Waals surface area contributed by atoms with Crippen LogP contribution in [-0.2, 0) is 16.6 Å². The zero-order chi connectivity index (χ0) is 15.6. The third-order valence-electron chi connectivity index (χ3n) is 3.85. The molecule has 7 nitrogen and oxygen atoms in total. The summed E-state index contributed by atoms with van der Waals surface area (Å²) in [5, 5.41) is 18.0. The number of aromatic nitrogens is 1. The van der Waals surface area contributed by atoms with Crippen LogP contribution in [0.1, 0.15) is 30.3 Å². The van der Waals surface area contributed by atoms with Crippen molar-refractivity contribution in [3.63, 3.8) is 0 Å². The van der Waals surface area contributed by atoms with E-state index >= 15 is 0 Å². The van der Waals surface area contributed by atoms with Crippen LogP contribution in [0, 0.1) is 5.92 Å². The topological polar surface area (TPSA) is 99.8 Å². The van der Waals surface area contributed by atoms with E-state index in [2.05, 4.69) is 0 Å². The van der Waals surface area contributed by atoms with Crippen LogP contribution in [0.2, 0.25) is 0 Å². The summed E-state index contributed by atoms with van der Waals surface area (Å²) in [4.78, 5) is 11.1. The Morgan fingerprint density at radius 3 is 2.71 bits per heavy atom. The fourth-order valence-electron chi connectivity index (χ4n) is 2.65. The fraction of sp³-hybridized carbons (Fsp3) is 0.615. The molecule has 1 unspecified atom stereocenters. The maximum Gasteiger partial charge on any atom is 0.352 e. The Balaban J connectivity index is 2.26. The molecular formula is C13H20N2O5S. The first kappa shape index (κ1) is 16.0. The summed E-state index contributed by atoms with van der Waals surface area (Å²) in [6.45, 7) is 2.99. The molecule has 0 bridgehead atoms. The molecule has 2 N–H and O–H groups in total. The standard InChI is InChI=1S/C13H20N2O5S/c1-2-14-9-11(7-12(14)13(17)18)21(19,20)15-5-3-10(8-15)4-6-16/h7,9-10,16H,2-6,8H2,1H3,(H,17,18). The second-order valence-electron chi connectivity index (χ2n) is 5.18. The van der Waals surface area contributed by atoms with Crippen LogP contribution in [0.4, 0.5) is 0 Å². The van der Waals surface area contributed by atoms with Gasteiger partial charge in [-0.05, 0) is 31.7 Å². The molecule has 21 heavy (non-hydrogen) atoms. The molecule has 0 aromatic carbocycles. The van der Waals surface area contributed by atoms with Gasteiger partial charge in [0.2, 0.25) is 10.0 Å². The first-order valence-corrected chi connectivity index (χ1v) is 8.38. The number of aryl methyl sites for hydroxylation is 1. The molecule has 118 valence electrons. The van der Waals surface area contributed by atoms with E-state index in [0.717, 1.165) is 6.42 Å². The molecule has 2 heterocycles. The molecule has 0 aliphatic carbocycles. The molecule has 1 atom stereocenters. The van der Waals surface area contributed by atoms with Crippen molar-refractivity contribution >= 4 is 16.0 Å². The molecule has 1 aliphatic heterocycles. The highest BCUT2D eigenvalue weighted by Gasteiger charge is 2.33. The highest BCUT2D eigenvalue weighted by Crippen LogP contribution is 2.27. The maximum absolute atomic E-state index is 12.5. The van der Waals surface area contributed by atoms with Gasteiger partial charge in [0.1, 0.15) is 10.6 Å². The Labute approximate surface area is 123 Å². The molecule has 1 saturated heterocycles. The number of hydrogen-bond donors (Lipinski definition) is 2. The lowest BCUT2D eigenvalue weighted by Crippen LogP contribution is -2.28. The van der Waals surface area contributed by atoms with Crippen LogP contribution < -0.4 is 0 Å². The van der Waals surface area contributed by atoms with Crippen LogP contribution in [0.5, 0.6) is 0 Å². The van der Waals surface area contributed by atoms with Gasteiger partial charge in [0.05, 0.1) is 0 Å². The van der Waals surface area contributed by atoms with Crippen molar-refractivity contribution in [1.29, 1.82) is 0 Å². The molecule has 1 aromatic rings. The molecule has 1 aliphatic rings. The highest BCUT2D eigenvalue weighted by molar-refractivity contribution is 7.89. The van der Waals surface area contributed by atoms with Gasteiger partial charge in [-0.1, -0.05) is 0 Å². The summed E-state index contributed by atoms with van der Waals surface area (Å²) < 4.78 is 27.9. The molecule has 0 saturated carbocycles. The summed E-state index contributed by atoms with van der Waals surface area (Å²) in [7, 11) is -3.67. The van der Waals surface area contributed by atoms with Crippen LogP contribution in [0.3, 0.4) is 0 Å². The van der Waals surface area contributed by atoms with Crippen LogP contribution >= 0.6 is 0 Å². The van der Waals surface area contributed by atoms with Crippen LogP contribution in [-0.4, -0.2) is 53.2 Å². The number of carboxylic acids is 1. The summed E-state index contributed by atoms with van der Waals surface area (Å²) in [5.74, 6) is -0.977. The van der Waals surface area contributed by atoms with Gasteiger partial charge < -0.3 is 14.8 Å². The van der Waals surface area contributed by atoms with Gasteiger partial charge in [-0.3, -0.25) is 0 Å².